The number of aryl methyl sites for hydroxylation is 1. The Balaban J connectivity index is 1.75. The van der Waals surface area contributed by atoms with E-state index in [1.807, 2.05) is 25.2 Å². The van der Waals surface area contributed by atoms with E-state index in [9.17, 15) is 15.3 Å². The molecule has 4 nitrogen and oxygen atoms in total. The minimum atomic E-state index is -0.606. The van der Waals surface area contributed by atoms with Crippen LogP contribution in [0.25, 0.3) is 0 Å². The highest BCUT2D eigenvalue weighted by Crippen LogP contribution is 2.19. The van der Waals surface area contributed by atoms with Crippen molar-refractivity contribution in [3.05, 3.63) is 59.7 Å². The molecule has 118 valence electrons. The van der Waals surface area contributed by atoms with Crippen LogP contribution in [0, 0.1) is 0 Å². The molecular formula is C18H23NO3. The van der Waals surface area contributed by atoms with Crippen molar-refractivity contribution in [3.8, 4) is 11.5 Å². The van der Waals surface area contributed by atoms with Crippen molar-refractivity contribution in [2.45, 2.75) is 18.9 Å². The lowest BCUT2D eigenvalue weighted by molar-refractivity contribution is 0.126. The molecular weight excluding hydrogens is 278 g/mol. The fourth-order valence-corrected chi connectivity index (χ4v) is 2.44. The Labute approximate surface area is 131 Å². The van der Waals surface area contributed by atoms with Crippen molar-refractivity contribution >= 4 is 0 Å². The number of nitrogens with zero attached hydrogens (tertiary/aromatic N) is 1. The first-order chi connectivity index (χ1) is 10.5. The van der Waals surface area contributed by atoms with Crippen molar-refractivity contribution < 1.29 is 15.3 Å². The fourth-order valence-electron chi connectivity index (χ4n) is 2.44. The summed E-state index contributed by atoms with van der Waals surface area (Å²) in [5, 5.41) is 28.9. The third-order valence-electron chi connectivity index (χ3n) is 3.68. The Kier molecular flexibility index (Phi) is 5.81. The molecule has 2 rings (SSSR count). The molecule has 4 heteroatoms. The zero-order valence-electron chi connectivity index (χ0n) is 12.8. The smallest absolute Gasteiger partial charge is 0.115 e. The van der Waals surface area contributed by atoms with Gasteiger partial charge in [0.1, 0.15) is 11.5 Å². The first kappa shape index (κ1) is 16.3. The van der Waals surface area contributed by atoms with Gasteiger partial charge in [0.25, 0.3) is 0 Å². The number of phenolic OH excluding ortho intramolecular Hbond substituents is 2. The van der Waals surface area contributed by atoms with Crippen LogP contribution in [0.1, 0.15) is 23.7 Å². The van der Waals surface area contributed by atoms with Gasteiger partial charge in [0.15, 0.2) is 0 Å². The molecule has 1 unspecified atom stereocenters. The lowest BCUT2D eigenvalue weighted by Crippen LogP contribution is -2.26. The van der Waals surface area contributed by atoms with Crippen molar-refractivity contribution in [3.63, 3.8) is 0 Å². The predicted octanol–water partition coefficient (Wildman–Crippen LogP) is 2.70. The normalized spacial score (nSPS) is 12.5. The molecule has 0 aliphatic carbocycles. The van der Waals surface area contributed by atoms with Gasteiger partial charge in [-0.25, -0.2) is 0 Å². The molecule has 1 atom stereocenters. The number of rotatable bonds is 7. The van der Waals surface area contributed by atoms with E-state index in [0.29, 0.717) is 6.54 Å². The first-order valence-electron chi connectivity index (χ1n) is 7.48. The van der Waals surface area contributed by atoms with Crippen LogP contribution in [0.4, 0.5) is 0 Å². The lowest BCUT2D eigenvalue weighted by Gasteiger charge is -2.21. The minimum absolute atomic E-state index is 0.173. The molecule has 0 radical (unpaired) electrons. The SMILES string of the molecule is CN(CCCc1ccc(O)cc1)CC(O)c1cccc(O)c1. The summed E-state index contributed by atoms with van der Waals surface area (Å²) in [4.78, 5) is 2.08. The van der Waals surface area contributed by atoms with Gasteiger partial charge in [-0.2, -0.15) is 0 Å². The van der Waals surface area contributed by atoms with Gasteiger partial charge < -0.3 is 20.2 Å². The average Bonchev–Trinajstić information content (AvgIpc) is 2.49. The molecule has 22 heavy (non-hydrogen) atoms. The quantitative estimate of drug-likeness (QED) is 0.736. The second kappa shape index (κ2) is 7.82. The molecule has 0 saturated heterocycles. The monoisotopic (exact) mass is 301 g/mol. The highest BCUT2D eigenvalue weighted by molar-refractivity contribution is 5.28. The van der Waals surface area contributed by atoms with Crippen molar-refractivity contribution in [1.82, 2.24) is 4.90 Å². The summed E-state index contributed by atoms with van der Waals surface area (Å²) in [5.41, 5.74) is 1.92. The van der Waals surface area contributed by atoms with Gasteiger partial charge in [0.05, 0.1) is 6.10 Å². The largest absolute Gasteiger partial charge is 0.508 e. The highest BCUT2D eigenvalue weighted by Gasteiger charge is 2.11. The molecule has 3 N–H and O–H groups in total. The molecule has 0 heterocycles. The van der Waals surface area contributed by atoms with Gasteiger partial charge in [-0.3, -0.25) is 0 Å². The highest BCUT2D eigenvalue weighted by atomic mass is 16.3. The van der Waals surface area contributed by atoms with Crippen LogP contribution in [0.2, 0.25) is 0 Å². The van der Waals surface area contributed by atoms with E-state index in [1.54, 1.807) is 30.3 Å². The number of likely N-dealkylation sites (N-methyl/N-ethyl adjacent to an activating group) is 1. The number of phenols is 2. The summed E-state index contributed by atoms with van der Waals surface area (Å²) in [6.45, 7) is 1.40. The zero-order chi connectivity index (χ0) is 15.9. The minimum Gasteiger partial charge on any atom is -0.508 e. The van der Waals surface area contributed by atoms with Crippen molar-refractivity contribution in [1.29, 1.82) is 0 Å². The van der Waals surface area contributed by atoms with Crippen LogP contribution in [-0.2, 0) is 6.42 Å². The van der Waals surface area contributed by atoms with Gasteiger partial charge in [-0.05, 0) is 61.8 Å². The molecule has 2 aromatic carbocycles. The molecule has 0 fully saturated rings. The summed E-state index contributed by atoms with van der Waals surface area (Å²) < 4.78 is 0. The summed E-state index contributed by atoms with van der Waals surface area (Å²) in [6, 6.07) is 14.0. The van der Waals surface area contributed by atoms with Gasteiger partial charge in [0.2, 0.25) is 0 Å². The van der Waals surface area contributed by atoms with E-state index in [0.717, 1.165) is 24.9 Å². The van der Waals surface area contributed by atoms with Gasteiger partial charge >= 0.3 is 0 Å². The molecule has 0 bridgehead atoms. The summed E-state index contributed by atoms with van der Waals surface area (Å²) in [6.07, 6.45) is 1.31. The number of aliphatic hydroxyl groups excluding tert-OH is 1. The summed E-state index contributed by atoms with van der Waals surface area (Å²) >= 11 is 0. The number of benzene rings is 2. The molecule has 0 amide bonds. The van der Waals surface area contributed by atoms with E-state index in [2.05, 4.69) is 4.90 Å². The summed E-state index contributed by atoms with van der Waals surface area (Å²) in [5.74, 6) is 0.460. The summed E-state index contributed by atoms with van der Waals surface area (Å²) in [7, 11) is 1.98. The number of aromatic hydroxyl groups is 2. The number of hydrogen-bond acceptors (Lipinski definition) is 4. The van der Waals surface area contributed by atoms with E-state index in [1.165, 1.54) is 5.56 Å². The lowest BCUT2D eigenvalue weighted by atomic mass is 10.1. The van der Waals surface area contributed by atoms with E-state index < -0.39 is 6.10 Å². The standard InChI is InChI=1S/C18H23NO3/c1-19(11-3-4-14-7-9-16(20)10-8-14)13-18(22)15-5-2-6-17(21)12-15/h2,5-10,12,18,20-22H,3-4,11,13H2,1H3. The second-order valence-electron chi connectivity index (χ2n) is 5.64. The average molecular weight is 301 g/mol. The Morgan fingerprint density at radius 1 is 1.00 bits per heavy atom. The molecule has 0 aromatic heterocycles. The fraction of sp³-hybridized carbons (Fsp3) is 0.333. The maximum atomic E-state index is 10.2. The Morgan fingerprint density at radius 3 is 2.41 bits per heavy atom. The van der Waals surface area contributed by atoms with Crippen LogP contribution >= 0.6 is 0 Å². The molecule has 0 saturated carbocycles. The van der Waals surface area contributed by atoms with E-state index in [-0.39, 0.29) is 11.5 Å². The van der Waals surface area contributed by atoms with Crippen molar-refractivity contribution in [2.75, 3.05) is 20.1 Å². The topological polar surface area (TPSA) is 63.9 Å². The van der Waals surface area contributed by atoms with Gasteiger partial charge in [-0.1, -0.05) is 24.3 Å². The van der Waals surface area contributed by atoms with Crippen LogP contribution in [-0.4, -0.2) is 40.4 Å². The molecule has 0 aliphatic rings. The zero-order valence-corrected chi connectivity index (χ0v) is 12.8. The Bertz CT molecular complexity index is 583. The van der Waals surface area contributed by atoms with Crippen LogP contribution in [0.3, 0.4) is 0 Å². The van der Waals surface area contributed by atoms with Gasteiger partial charge in [-0.15, -0.1) is 0 Å². The van der Waals surface area contributed by atoms with Crippen LogP contribution in [0.15, 0.2) is 48.5 Å². The second-order valence-corrected chi connectivity index (χ2v) is 5.64. The third kappa shape index (κ3) is 5.06. The maximum Gasteiger partial charge on any atom is 0.115 e. The number of aliphatic hydroxyl groups is 1. The first-order valence-corrected chi connectivity index (χ1v) is 7.48. The molecule has 0 aliphatic heterocycles. The van der Waals surface area contributed by atoms with E-state index >= 15 is 0 Å². The van der Waals surface area contributed by atoms with E-state index in [4.69, 9.17) is 0 Å². The van der Waals surface area contributed by atoms with Crippen LogP contribution in [0.5, 0.6) is 11.5 Å². The third-order valence-corrected chi connectivity index (χ3v) is 3.68. The Morgan fingerprint density at radius 2 is 1.73 bits per heavy atom. The van der Waals surface area contributed by atoms with Gasteiger partial charge in [0, 0.05) is 6.54 Å². The number of hydrogen-bond donors (Lipinski definition) is 3. The Hall–Kier alpha value is -2.04. The van der Waals surface area contributed by atoms with Crippen LogP contribution < -0.4 is 0 Å². The maximum absolute atomic E-state index is 10.2. The molecule has 0 spiro atoms. The predicted molar refractivity (Wildman–Crippen MR) is 87.0 cm³/mol. The van der Waals surface area contributed by atoms with Crippen molar-refractivity contribution in [2.24, 2.45) is 0 Å². The molecule has 2 aromatic rings.